The van der Waals surface area contributed by atoms with Crippen molar-refractivity contribution in [1.82, 2.24) is 0 Å². The Kier molecular flexibility index (Phi) is 3.85. The Morgan fingerprint density at radius 3 is 2.67 bits per heavy atom. The molecule has 0 bridgehead atoms. The molecule has 0 saturated carbocycles. The second kappa shape index (κ2) is 5.56. The molecule has 2 aromatic carbocycles. The van der Waals surface area contributed by atoms with Gasteiger partial charge >= 0.3 is 0 Å². The standard InChI is InChI=1S/C14H14ClN3/c15-11-5-3-4-10(8-11)9-18-13-7-2-1-6-12(13)14(16)17/h1-8,18H,9H2,(H3,16,17). The average molecular weight is 260 g/mol. The number of hydrogen-bond donors (Lipinski definition) is 3. The molecule has 0 atom stereocenters. The molecule has 0 aliphatic heterocycles. The van der Waals surface area contributed by atoms with Gasteiger partial charge in [0.1, 0.15) is 5.84 Å². The maximum atomic E-state index is 7.51. The first kappa shape index (κ1) is 12.5. The molecular weight excluding hydrogens is 246 g/mol. The van der Waals surface area contributed by atoms with Crippen LogP contribution in [0.5, 0.6) is 0 Å². The Hall–Kier alpha value is -2.00. The Labute approximate surface area is 111 Å². The highest BCUT2D eigenvalue weighted by Crippen LogP contribution is 2.16. The molecule has 0 heterocycles. The van der Waals surface area contributed by atoms with Crippen LogP contribution in [0.1, 0.15) is 11.1 Å². The highest BCUT2D eigenvalue weighted by Gasteiger charge is 2.03. The second-order valence-corrected chi connectivity index (χ2v) is 4.38. The van der Waals surface area contributed by atoms with E-state index < -0.39 is 0 Å². The molecular formula is C14H14ClN3. The summed E-state index contributed by atoms with van der Waals surface area (Å²) in [6.07, 6.45) is 0. The number of hydrogen-bond acceptors (Lipinski definition) is 2. The van der Waals surface area contributed by atoms with Crippen molar-refractivity contribution in [1.29, 1.82) is 5.41 Å². The lowest BCUT2D eigenvalue weighted by atomic mass is 10.1. The van der Waals surface area contributed by atoms with E-state index >= 15 is 0 Å². The number of rotatable bonds is 4. The van der Waals surface area contributed by atoms with Crippen LogP contribution >= 0.6 is 11.6 Å². The van der Waals surface area contributed by atoms with E-state index in [1.807, 2.05) is 48.5 Å². The quantitative estimate of drug-likeness (QED) is 0.583. The highest BCUT2D eigenvalue weighted by molar-refractivity contribution is 6.30. The van der Waals surface area contributed by atoms with Gasteiger partial charge in [-0.1, -0.05) is 35.9 Å². The monoisotopic (exact) mass is 259 g/mol. The minimum Gasteiger partial charge on any atom is -0.384 e. The van der Waals surface area contributed by atoms with Gasteiger partial charge in [0.15, 0.2) is 0 Å². The van der Waals surface area contributed by atoms with Gasteiger partial charge in [-0.2, -0.15) is 0 Å². The van der Waals surface area contributed by atoms with Gasteiger partial charge in [0.2, 0.25) is 0 Å². The van der Waals surface area contributed by atoms with Crippen LogP contribution in [-0.2, 0) is 6.54 Å². The summed E-state index contributed by atoms with van der Waals surface area (Å²) in [7, 11) is 0. The lowest BCUT2D eigenvalue weighted by Crippen LogP contribution is -2.14. The van der Waals surface area contributed by atoms with Crippen molar-refractivity contribution in [2.45, 2.75) is 6.54 Å². The van der Waals surface area contributed by atoms with E-state index in [1.54, 1.807) is 0 Å². The summed E-state index contributed by atoms with van der Waals surface area (Å²) in [5.74, 6) is 0.0594. The summed E-state index contributed by atoms with van der Waals surface area (Å²) in [4.78, 5) is 0. The van der Waals surface area contributed by atoms with Crippen molar-refractivity contribution in [3.05, 3.63) is 64.7 Å². The summed E-state index contributed by atoms with van der Waals surface area (Å²) >= 11 is 5.93. The molecule has 0 saturated heterocycles. The van der Waals surface area contributed by atoms with Crippen LogP contribution in [0.4, 0.5) is 5.69 Å². The SMILES string of the molecule is N=C(N)c1ccccc1NCc1cccc(Cl)c1. The average Bonchev–Trinajstić information content (AvgIpc) is 2.37. The van der Waals surface area contributed by atoms with Gasteiger partial charge in [-0.3, -0.25) is 5.41 Å². The third-order valence-electron chi connectivity index (χ3n) is 2.59. The summed E-state index contributed by atoms with van der Waals surface area (Å²) in [5, 5.41) is 11.5. The summed E-state index contributed by atoms with van der Waals surface area (Å²) in [6, 6.07) is 15.2. The number of nitrogen functional groups attached to an aromatic ring is 1. The fourth-order valence-corrected chi connectivity index (χ4v) is 1.93. The Bertz CT molecular complexity index is 566. The van der Waals surface area contributed by atoms with E-state index in [4.69, 9.17) is 22.7 Å². The molecule has 92 valence electrons. The summed E-state index contributed by atoms with van der Waals surface area (Å²) in [6.45, 7) is 0.644. The van der Waals surface area contributed by atoms with E-state index in [9.17, 15) is 0 Å². The zero-order valence-electron chi connectivity index (χ0n) is 9.78. The lowest BCUT2D eigenvalue weighted by Gasteiger charge is -2.11. The molecule has 0 unspecified atom stereocenters. The number of para-hydroxylation sites is 1. The molecule has 2 rings (SSSR count). The number of benzene rings is 2. The van der Waals surface area contributed by atoms with Crippen LogP contribution in [0, 0.1) is 5.41 Å². The van der Waals surface area contributed by atoms with Crippen molar-refractivity contribution in [2.75, 3.05) is 5.32 Å². The van der Waals surface area contributed by atoms with Gasteiger partial charge in [0.25, 0.3) is 0 Å². The van der Waals surface area contributed by atoms with Crippen molar-refractivity contribution >= 4 is 23.1 Å². The van der Waals surface area contributed by atoms with E-state index in [0.29, 0.717) is 17.1 Å². The fourth-order valence-electron chi connectivity index (χ4n) is 1.72. The Morgan fingerprint density at radius 2 is 1.94 bits per heavy atom. The summed E-state index contributed by atoms with van der Waals surface area (Å²) < 4.78 is 0. The minimum absolute atomic E-state index is 0.0594. The topological polar surface area (TPSA) is 61.9 Å². The van der Waals surface area contributed by atoms with Crippen LogP contribution in [0.25, 0.3) is 0 Å². The Morgan fingerprint density at radius 1 is 1.17 bits per heavy atom. The first-order valence-corrected chi connectivity index (χ1v) is 5.96. The zero-order valence-corrected chi connectivity index (χ0v) is 10.5. The van der Waals surface area contributed by atoms with E-state index in [1.165, 1.54) is 0 Å². The van der Waals surface area contributed by atoms with E-state index in [2.05, 4.69) is 5.32 Å². The Balaban J connectivity index is 2.13. The van der Waals surface area contributed by atoms with Gasteiger partial charge in [0.05, 0.1) is 0 Å². The largest absolute Gasteiger partial charge is 0.384 e. The molecule has 0 spiro atoms. The van der Waals surface area contributed by atoms with Gasteiger partial charge < -0.3 is 11.1 Å². The van der Waals surface area contributed by atoms with Crippen LogP contribution < -0.4 is 11.1 Å². The molecule has 0 radical (unpaired) electrons. The number of halogens is 1. The third-order valence-corrected chi connectivity index (χ3v) is 2.82. The zero-order chi connectivity index (χ0) is 13.0. The van der Waals surface area contributed by atoms with Gasteiger partial charge in [-0.25, -0.2) is 0 Å². The first-order chi connectivity index (χ1) is 8.66. The van der Waals surface area contributed by atoms with Gasteiger partial charge in [-0.05, 0) is 29.8 Å². The maximum absolute atomic E-state index is 7.51. The molecule has 0 aliphatic rings. The molecule has 3 nitrogen and oxygen atoms in total. The summed E-state index contributed by atoms with van der Waals surface area (Å²) in [5.41, 5.74) is 8.17. The number of anilines is 1. The molecule has 4 N–H and O–H groups in total. The highest BCUT2D eigenvalue weighted by atomic mass is 35.5. The minimum atomic E-state index is 0.0594. The van der Waals surface area contributed by atoms with Crippen LogP contribution in [0.3, 0.4) is 0 Å². The van der Waals surface area contributed by atoms with Crippen LogP contribution in [0.15, 0.2) is 48.5 Å². The van der Waals surface area contributed by atoms with Gasteiger partial charge in [-0.15, -0.1) is 0 Å². The predicted molar refractivity (Wildman–Crippen MR) is 76.2 cm³/mol. The lowest BCUT2D eigenvalue weighted by molar-refractivity contribution is 1.15. The molecule has 0 amide bonds. The predicted octanol–water partition coefficient (Wildman–Crippen LogP) is 3.24. The molecule has 2 aromatic rings. The van der Waals surface area contributed by atoms with E-state index in [0.717, 1.165) is 11.3 Å². The van der Waals surface area contributed by atoms with Crippen molar-refractivity contribution in [3.63, 3.8) is 0 Å². The maximum Gasteiger partial charge on any atom is 0.124 e. The first-order valence-electron chi connectivity index (χ1n) is 5.58. The van der Waals surface area contributed by atoms with Crippen LogP contribution in [0.2, 0.25) is 5.02 Å². The molecule has 18 heavy (non-hydrogen) atoms. The number of nitrogens with one attached hydrogen (secondary N) is 2. The molecule has 0 aromatic heterocycles. The van der Waals surface area contributed by atoms with Crippen molar-refractivity contribution in [3.8, 4) is 0 Å². The second-order valence-electron chi connectivity index (χ2n) is 3.94. The number of nitrogens with two attached hydrogens (primary N) is 1. The smallest absolute Gasteiger partial charge is 0.124 e. The fraction of sp³-hybridized carbons (Fsp3) is 0.0714. The normalized spacial score (nSPS) is 10.1. The van der Waals surface area contributed by atoms with E-state index in [-0.39, 0.29) is 5.84 Å². The molecule has 4 heteroatoms. The van der Waals surface area contributed by atoms with Crippen molar-refractivity contribution in [2.24, 2.45) is 5.73 Å². The molecule has 0 aliphatic carbocycles. The third kappa shape index (κ3) is 3.02. The molecule has 0 fully saturated rings. The van der Waals surface area contributed by atoms with Crippen LogP contribution in [-0.4, -0.2) is 5.84 Å². The van der Waals surface area contributed by atoms with Crippen molar-refractivity contribution < 1.29 is 0 Å². The number of amidine groups is 1. The van der Waals surface area contributed by atoms with Gasteiger partial charge in [0, 0.05) is 22.8 Å².